The smallest absolute Gasteiger partial charge is 0.167 e. The molecule has 0 saturated carbocycles. The molecule has 4 N–H and O–H groups in total. The average molecular weight is 311 g/mol. The highest BCUT2D eigenvalue weighted by Crippen LogP contribution is 2.42. The Morgan fingerprint density at radius 3 is 2.86 bits per heavy atom. The van der Waals surface area contributed by atoms with Gasteiger partial charge in [-0.3, -0.25) is 4.57 Å². The number of nitrogens with two attached hydrogens (primary N) is 1. The number of anilines is 1. The Bertz CT molecular complexity index is 665. The summed E-state index contributed by atoms with van der Waals surface area (Å²) in [6.45, 7) is 1.62. The van der Waals surface area contributed by atoms with Gasteiger partial charge in [-0.1, -0.05) is 6.92 Å². The Kier molecular flexibility index (Phi) is 3.52. The first-order valence-electron chi connectivity index (χ1n) is 6.64. The zero-order valence-corrected chi connectivity index (χ0v) is 12.3. The monoisotopic (exact) mass is 311 g/mol. The van der Waals surface area contributed by atoms with Gasteiger partial charge in [-0.15, -0.1) is 0 Å². The maximum Gasteiger partial charge on any atom is 0.167 e. The summed E-state index contributed by atoms with van der Waals surface area (Å²) in [4.78, 5) is 12.3. The fraction of sp³-hybridized carbons (Fsp3) is 0.583. The van der Waals surface area contributed by atoms with E-state index in [9.17, 15) is 10.2 Å². The minimum absolute atomic E-state index is 0.276. The third-order valence-corrected chi connectivity index (χ3v) is 4.69. The van der Waals surface area contributed by atoms with Gasteiger partial charge in [-0.2, -0.15) is 12.6 Å². The number of rotatable bonds is 3. The van der Waals surface area contributed by atoms with Crippen molar-refractivity contribution < 1.29 is 14.9 Å². The molecular weight excluding hydrogens is 294 g/mol. The molecule has 0 radical (unpaired) electrons. The van der Waals surface area contributed by atoms with Crippen LogP contribution in [0.1, 0.15) is 13.3 Å². The molecule has 3 rings (SSSR count). The molecule has 0 aromatic carbocycles. The van der Waals surface area contributed by atoms with Crippen LogP contribution >= 0.6 is 12.6 Å². The predicted octanol–water partition coefficient (Wildman–Crippen LogP) is -0.478. The fourth-order valence-electron chi connectivity index (χ4n) is 2.81. The molecule has 0 aliphatic carbocycles. The number of aliphatic hydroxyl groups excluding tert-OH is 2. The maximum atomic E-state index is 10.2. The van der Waals surface area contributed by atoms with Gasteiger partial charge in [0.25, 0.3) is 0 Å². The minimum atomic E-state index is -0.953. The lowest BCUT2D eigenvalue weighted by molar-refractivity contribution is -0.115. The summed E-state index contributed by atoms with van der Waals surface area (Å²) in [7, 11) is 0. The van der Waals surface area contributed by atoms with Crippen LogP contribution in [0.25, 0.3) is 11.2 Å². The molecular formula is C12H17N5O3S. The molecule has 9 heteroatoms. The van der Waals surface area contributed by atoms with Crippen LogP contribution in [0.3, 0.4) is 0 Å². The van der Waals surface area contributed by atoms with Crippen molar-refractivity contribution in [2.45, 2.75) is 36.5 Å². The third-order valence-electron chi connectivity index (χ3n) is 3.98. The topological polar surface area (TPSA) is 119 Å². The molecule has 2 aromatic rings. The second kappa shape index (κ2) is 5.09. The average Bonchev–Trinajstić information content (AvgIpc) is 3.03. The van der Waals surface area contributed by atoms with Crippen molar-refractivity contribution >= 4 is 29.6 Å². The van der Waals surface area contributed by atoms with Crippen LogP contribution in [0, 0.1) is 0 Å². The molecule has 2 aromatic heterocycles. The molecule has 0 unspecified atom stereocenters. The standard InChI is InChI=1S/C12H17N5O3S/c1-2-12(9(21)8(19)6(3-18)20-12)17-5-16-7-10(13)14-4-15-11(7)17/h4-6,8-9,18-19,21H,2-3H2,1H3,(H2,13,14,15)/t6-,8-,9-,12-/m1/s1. The lowest BCUT2D eigenvalue weighted by atomic mass is 10.0. The second-order valence-corrected chi connectivity index (χ2v) is 5.57. The molecule has 1 fully saturated rings. The van der Waals surface area contributed by atoms with Crippen LogP contribution < -0.4 is 5.73 Å². The van der Waals surface area contributed by atoms with E-state index in [1.165, 1.54) is 6.33 Å². The van der Waals surface area contributed by atoms with Crippen molar-refractivity contribution in [1.29, 1.82) is 0 Å². The van der Waals surface area contributed by atoms with Gasteiger partial charge in [0, 0.05) is 0 Å². The largest absolute Gasteiger partial charge is 0.394 e. The van der Waals surface area contributed by atoms with E-state index in [1.54, 1.807) is 10.9 Å². The lowest BCUT2D eigenvalue weighted by Crippen LogP contribution is -2.42. The fourth-order valence-corrected chi connectivity index (χ4v) is 3.37. The Morgan fingerprint density at radius 1 is 1.48 bits per heavy atom. The molecule has 8 nitrogen and oxygen atoms in total. The van der Waals surface area contributed by atoms with Crippen LogP contribution in [-0.2, 0) is 10.5 Å². The number of fused-ring (bicyclic) bond motifs is 1. The van der Waals surface area contributed by atoms with Gasteiger partial charge in [0.2, 0.25) is 0 Å². The number of ether oxygens (including phenoxy) is 1. The number of hydrogen-bond acceptors (Lipinski definition) is 8. The van der Waals surface area contributed by atoms with Crippen molar-refractivity contribution in [3.8, 4) is 0 Å². The van der Waals surface area contributed by atoms with Gasteiger partial charge in [0.1, 0.15) is 17.9 Å². The molecule has 0 amide bonds. The van der Waals surface area contributed by atoms with Gasteiger partial charge in [-0.25, -0.2) is 15.0 Å². The highest BCUT2D eigenvalue weighted by molar-refractivity contribution is 7.81. The van der Waals surface area contributed by atoms with E-state index in [-0.39, 0.29) is 12.4 Å². The number of nitrogen functional groups attached to an aromatic ring is 1. The van der Waals surface area contributed by atoms with Crippen molar-refractivity contribution in [3.05, 3.63) is 12.7 Å². The van der Waals surface area contributed by atoms with E-state index in [0.29, 0.717) is 17.6 Å². The van der Waals surface area contributed by atoms with Gasteiger partial charge in [0.15, 0.2) is 17.2 Å². The summed E-state index contributed by atoms with van der Waals surface area (Å²) in [5.74, 6) is 0.276. The molecule has 1 aliphatic rings. The summed E-state index contributed by atoms with van der Waals surface area (Å²) < 4.78 is 7.61. The summed E-state index contributed by atoms with van der Waals surface area (Å²) in [5.41, 5.74) is 5.82. The van der Waals surface area contributed by atoms with Crippen LogP contribution in [-0.4, -0.2) is 53.8 Å². The van der Waals surface area contributed by atoms with E-state index in [2.05, 4.69) is 27.6 Å². The quantitative estimate of drug-likeness (QED) is 0.565. The van der Waals surface area contributed by atoms with E-state index >= 15 is 0 Å². The number of aliphatic hydroxyl groups is 2. The highest BCUT2D eigenvalue weighted by Gasteiger charge is 2.53. The SMILES string of the molecule is CC[C@@]1(n2cnc3c(N)ncnc32)O[C@H](CO)[C@@H](O)[C@H]1S. The zero-order chi connectivity index (χ0) is 15.2. The third kappa shape index (κ3) is 1.92. The van der Waals surface area contributed by atoms with Gasteiger partial charge >= 0.3 is 0 Å². The number of thiol groups is 1. The minimum Gasteiger partial charge on any atom is -0.394 e. The highest BCUT2D eigenvalue weighted by atomic mass is 32.1. The summed E-state index contributed by atoms with van der Waals surface area (Å²) in [6, 6.07) is 0. The van der Waals surface area contributed by atoms with Crippen molar-refractivity contribution in [2.75, 3.05) is 12.3 Å². The van der Waals surface area contributed by atoms with Crippen molar-refractivity contribution in [1.82, 2.24) is 19.5 Å². The number of nitrogens with zero attached hydrogens (tertiary/aromatic N) is 4. The van der Waals surface area contributed by atoms with Crippen LogP contribution in [0.5, 0.6) is 0 Å². The first-order valence-corrected chi connectivity index (χ1v) is 7.15. The molecule has 1 aliphatic heterocycles. The lowest BCUT2D eigenvalue weighted by Gasteiger charge is -2.33. The van der Waals surface area contributed by atoms with E-state index < -0.39 is 23.2 Å². The second-order valence-electron chi connectivity index (χ2n) is 5.02. The summed E-state index contributed by atoms with van der Waals surface area (Å²) in [6.07, 6.45) is 1.82. The van der Waals surface area contributed by atoms with Crippen molar-refractivity contribution in [3.63, 3.8) is 0 Å². The summed E-state index contributed by atoms with van der Waals surface area (Å²) in [5, 5.41) is 19.0. The maximum absolute atomic E-state index is 10.2. The van der Waals surface area contributed by atoms with Crippen molar-refractivity contribution in [2.24, 2.45) is 0 Å². The number of hydrogen-bond donors (Lipinski definition) is 4. The van der Waals surface area contributed by atoms with Crippen LogP contribution in [0.15, 0.2) is 12.7 Å². The normalized spacial score (nSPS) is 32.9. The number of imidazole rings is 1. The Labute approximate surface area is 126 Å². The first-order chi connectivity index (χ1) is 10.0. The molecule has 3 heterocycles. The Morgan fingerprint density at radius 2 is 2.24 bits per heavy atom. The molecule has 0 spiro atoms. The number of aromatic nitrogens is 4. The molecule has 114 valence electrons. The van der Waals surface area contributed by atoms with Crippen LogP contribution in [0.4, 0.5) is 5.82 Å². The predicted molar refractivity (Wildman–Crippen MR) is 78.7 cm³/mol. The Balaban J connectivity index is 2.17. The van der Waals surface area contributed by atoms with E-state index in [0.717, 1.165) is 0 Å². The van der Waals surface area contributed by atoms with E-state index in [4.69, 9.17) is 10.5 Å². The Hall–Kier alpha value is -1.42. The van der Waals surface area contributed by atoms with E-state index in [1.807, 2.05) is 6.92 Å². The molecule has 0 bridgehead atoms. The molecule has 21 heavy (non-hydrogen) atoms. The first kappa shape index (κ1) is 14.5. The summed E-state index contributed by atoms with van der Waals surface area (Å²) >= 11 is 4.49. The van der Waals surface area contributed by atoms with Gasteiger partial charge in [-0.05, 0) is 6.42 Å². The zero-order valence-electron chi connectivity index (χ0n) is 11.4. The molecule has 4 atom stereocenters. The van der Waals surface area contributed by atoms with Gasteiger partial charge < -0.3 is 20.7 Å². The molecule has 1 saturated heterocycles. The van der Waals surface area contributed by atoms with Gasteiger partial charge in [0.05, 0.1) is 24.3 Å². The van der Waals surface area contributed by atoms with Crippen LogP contribution in [0.2, 0.25) is 0 Å².